The third-order valence-electron chi connectivity index (χ3n) is 2.91. The highest BCUT2D eigenvalue weighted by molar-refractivity contribution is 5.90. The van der Waals surface area contributed by atoms with E-state index in [0.717, 1.165) is 4.90 Å². The van der Waals surface area contributed by atoms with Crippen LogP contribution in [0, 0.1) is 6.92 Å². The van der Waals surface area contributed by atoms with Crippen LogP contribution in [0.2, 0.25) is 0 Å². The molecule has 114 valence electrons. The van der Waals surface area contributed by atoms with Crippen LogP contribution in [0.4, 0.5) is 4.79 Å². The number of rotatable bonds is 4. The van der Waals surface area contributed by atoms with Crippen molar-refractivity contribution in [2.24, 2.45) is 0 Å². The van der Waals surface area contributed by atoms with Crippen molar-refractivity contribution in [1.82, 2.24) is 25.7 Å². The first-order chi connectivity index (χ1) is 9.97. The van der Waals surface area contributed by atoms with Gasteiger partial charge in [-0.25, -0.2) is 9.59 Å². The minimum atomic E-state index is -1.17. The summed E-state index contributed by atoms with van der Waals surface area (Å²) in [5.41, 5.74) is 0. The highest BCUT2D eigenvalue weighted by Crippen LogP contribution is 2.05. The largest absolute Gasteiger partial charge is 0.480 e. The van der Waals surface area contributed by atoms with Crippen LogP contribution in [0.5, 0.6) is 0 Å². The molecule has 3 N–H and O–H groups in total. The molecule has 2 heterocycles. The number of urea groups is 1. The van der Waals surface area contributed by atoms with E-state index in [2.05, 4.69) is 20.8 Å². The summed E-state index contributed by atoms with van der Waals surface area (Å²) in [6.07, 6.45) is 0.324. The molecule has 1 saturated heterocycles. The van der Waals surface area contributed by atoms with Crippen LogP contribution in [0.25, 0.3) is 0 Å². The molecule has 0 saturated carbocycles. The Labute approximate surface area is 119 Å². The van der Waals surface area contributed by atoms with Crippen molar-refractivity contribution < 1.29 is 24.0 Å². The summed E-state index contributed by atoms with van der Waals surface area (Å²) in [6, 6.07) is -1.69. The van der Waals surface area contributed by atoms with Gasteiger partial charge in [0.15, 0.2) is 5.82 Å². The van der Waals surface area contributed by atoms with Crippen LogP contribution in [0.1, 0.15) is 11.7 Å². The molecular formula is C11H15N5O5. The number of carbonyl (C=O) groups excluding carboxylic acids is 2. The number of amides is 3. The van der Waals surface area contributed by atoms with E-state index in [9.17, 15) is 14.4 Å². The predicted molar refractivity (Wildman–Crippen MR) is 67.3 cm³/mol. The van der Waals surface area contributed by atoms with Gasteiger partial charge in [0.2, 0.25) is 11.8 Å². The Kier molecular flexibility index (Phi) is 4.36. The van der Waals surface area contributed by atoms with Crippen molar-refractivity contribution in [3.8, 4) is 0 Å². The second-order valence-electron chi connectivity index (χ2n) is 4.50. The Morgan fingerprint density at radius 1 is 1.57 bits per heavy atom. The molecule has 1 aliphatic heterocycles. The van der Waals surface area contributed by atoms with Crippen LogP contribution < -0.4 is 10.6 Å². The molecule has 10 heteroatoms. The molecule has 3 amide bonds. The van der Waals surface area contributed by atoms with Crippen molar-refractivity contribution in [3.63, 3.8) is 0 Å². The molecule has 1 aliphatic rings. The van der Waals surface area contributed by atoms with Crippen LogP contribution >= 0.6 is 0 Å². The molecule has 0 spiro atoms. The smallest absolute Gasteiger partial charge is 0.328 e. The van der Waals surface area contributed by atoms with E-state index < -0.39 is 23.9 Å². The predicted octanol–water partition coefficient (Wildman–Crippen LogP) is -1.48. The summed E-state index contributed by atoms with van der Waals surface area (Å²) in [5.74, 6) is -0.693. The van der Waals surface area contributed by atoms with Crippen LogP contribution in [0.3, 0.4) is 0 Å². The number of carbonyl (C=O) groups is 3. The molecule has 21 heavy (non-hydrogen) atoms. The lowest BCUT2D eigenvalue weighted by Crippen LogP contribution is -2.61. The molecule has 1 unspecified atom stereocenters. The zero-order valence-electron chi connectivity index (χ0n) is 11.3. The van der Waals surface area contributed by atoms with E-state index in [0.29, 0.717) is 18.1 Å². The van der Waals surface area contributed by atoms with Gasteiger partial charge in [0.1, 0.15) is 12.6 Å². The van der Waals surface area contributed by atoms with Gasteiger partial charge in [0.25, 0.3) is 0 Å². The van der Waals surface area contributed by atoms with E-state index in [4.69, 9.17) is 9.63 Å². The van der Waals surface area contributed by atoms with Gasteiger partial charge in [-0.3, -0.25) is 9.69 Å². The Morgan fingerprint density at radius 3 is 2.95 bits per heavy atom. The minimum absolute atomic E-state index is 0.107. The maximum absolute atomic E-state index is 12.0. The topological polar surface area (TPSA) is 138 Å². The number of nitrogens with zero attached hydrogens (tertiary/aromatic N) is 3. The second-order valence-corrected chi connectivity index (χ2v) is 4.50. The number of hydrogen-bond acceptors (Lipinski definition) is 6. The summed E-state index contributed by atoms with van der Waals surface area (Å²) in [6.45, 7) is 1.48. The number of aromatic nitrogens is 2. The van der Waals surface area contributed by atoms with Gasteiger partial charge >= 0.3 is 12.0 Å². The lowest BCUT2D eigenvalue weighted by Gasteiger charge is -2.32. The molecule has 10 nitrogen and oxygen atoms in total. The molecule has 0 aliphatic carbocycles. The summed E-state index contributed by atoms with van der Waals surface area (Å²) < 4.78 is 4.88. The molecule has 0 radical (unpaired) electrons. The summed E-state index contributed by atoms with van der Waals surface area (Å²) in [7, 11) is 0. The number of piperazine rings is 1. The first kappa shape index (κ1) is 14.8. The average Bonchev–Trinajstić information content (AvgIpc) is 2.84. The van der Waals surface area contributed by atoms with Gasteiger partial charge in [0.05, 0.1) is 0 Å². The van der Waals surface area contributed by atoms with E-state index in [1.807, 2.05) is 0 Å². The van der Waals surface area contributed by atoms with Gasteiger partial charge in [-0.15, -0.1) is 0 Å². The third kappa shape index (κ3) is 3.68. The van der Waals surface area contributed by atoms with Crippen LogP contribution in [0.15, 0.2) is 4.52 Å². The highest BCUT2D eigenvalue weighted by atomic mass is 16.5. The first-order valence-electron chi connectivity index (χ1n) is 6.30. The number of carboxylic acid groups (broad SMARTS) is 1. The second kappa shape index (κ2) is 6.20. The number of aliphatic carboxylic acids is 1. The minimum Gasteiger partial charge on any atom is -0.480 e. The summed E-state index contributed by atoms with van der Waals surface area (Å²) >= 11 is 0. The normalized spacial score (nSPS) is 18.2. The molecule has 0 aromatic carbocycles. The molecule has 1 aromatic rings. The number of carboxylic acids is 1. The maximum atomic E-state index is 12.0. The van der Waals surface area contributed by atoms with Crippen molar-refractivity contribution in [2.45, 2.75) is 19.4 Å². The van der Waals surface area contributed by atoms with Gasteiger partial charge < -0.3 is 20.3 Å². The lowest BCUT2D eigenvalue weighted by molar-refractivity contribution is -0.144. The molecule has 1 aromatic heterocycles. The molecular weight excluding hydrogens is 282 g/mol. The molecule has 1 atom stereocenters. The number of aryl methyl sites for hydroxylation is 1. The van der Waals surface area contributed by atoms with Crippen molar-refractivity contribution >= 4 is 17.9 Å². The molecule has 1 fully saturated rings. The first-order valence-corrected chi connectivity index (χ1v) is 6.30. The van der Waals surface area contributed by atoms with Gasteiger partial charge in [-0.05, 0) is 6.92 Å². The zero-order chi connectivity index (χ0) is 15.4. The third-order valence-corrected chi connectivity index (χ3v) is 2.91. The summed E-state index contributed by atoms with van der Waals surface area (Å²) in [5, 5.41) is 17.6. The van der Waals surface area contributed by atoms with E-state index in [-0.39, 0.29) is 19.6 Å². The van der Waals surface area contributed by atoms with Gasteiger partial charge in [-0.1, -0.05) is 5.16 Å². The van der Waals surface area contributed by atoms with Crippen LogP contribution in [-0.4, -0.2) is 63.7 Å². The van der Waals surface area contributed by atoms with Crippen molar-refractivity contribution in [2.75, 3.05) is 19.6 Å². The lowest BCUT2D eigenvalue weighted by atomic mass is 10.2. The van der Waals surface area contributed by atoms with Crippen molar-refractivity contribution in [1.29, 1.82) is 0 Å². The number of nitrogens with one attached hydrogen (secondary N) is 2. The van der Waals surface area contributed by atoms with E-state index in [1.165, 1.54) is 0 Å². The number of hydrogen-bond donors (Lipinski definition) is 3. The Hall–Kier alpha value is -2.65. The molecule has 2 rings (SSSR count). The fraction of sp³-hybridized carbons (Fsp3) is 0.545. The standard InChI is InChI=1S/C11H15N5O5/c1-6-14-9(21-15-6)2-3-12-11(20)16-5-8(17)13-4-7(16)10(18)19/h7H,2-5H2,1H3,(H,12,20)(H,13,17)(H,18,19). The van der Waals surface area contributed by atoms with E-state index >= 15 is 0 Å². The fourth-order valence-corrected chi connectivity index (χ4v) is 1.89. The highest BCUT2D eigenvalue weighted by Gasteiger charge is 2.35. The summed E-state index contributed by atoms with van der Waals surface area (Å²) in [4.78, 5) is 39.3. The fourth-order valence-electron chi connectivity index (χ4n) is 1.89. The Bertz CT molecular complexity index is 557. The zero-order valence-corrected chi connectivity index (χ0v) is 11.3. The Balaban J connectivity index is 1.88. The SMILES string of the molecule is Cc1noc(CCNC(=O)N2CC(=O)NCC2C(=O)O)n1. The average molecular weight is 297 g/mol. The maximum Gasteiger partial charge on any atom is 0.328 e. The monoisotopic (exact) mass is 297 g/mol. The quantitative estimate of drug-likeness (QED) is 0.615. The van der Waals surface area contributed by atoms with Gasteiger partial charge in [-0.2, -0.15) is 4.98 Å². The van der Waals surface area contributed by atoms with E-state index in [1.54, 1.807) is 6.92 Å². The Morgan fingerprint density at radius 2 is 2.33 bits per heavy atom. The van der Waals surface area contributed by atoms with Crippen LogP contribution in [-0.2, 0) is 16.0 Å². The molecule has 0 bridgehead atoms. The van der Waals surface area contributed by atoms with Gasteiger partial charge in [0, 0.05) is 19.5 Å². The van der Waals surface area contributed by atoms with Crippen molar-refractivity contribution in [3.05, 3.63) is 11.7 Å².